The number of rotatable bonds is 5. The molecule has 1 amide bonds. The van der Waals surface area contributed by atoms with Gasteiger partial charge in [-0.05, 0) is 13.0 Å². The second-order valence-corrected chi connectivity index (χ2v) is 4.16. The molecule has 1 saturated heterocycles. The Labute approximate surface area is 100 Å². The molecule has 6 nitrogen and oxygen atoms in total. The number of ether oxygens (including phenoxy) is 1. The summed E-state index contributed by atoms with van der Waals surface area (Å²) in [5.74, 6) is 0.151. The fraction of sp³-hybridized carbons (Fsp3) is 0.636. The van der Waals surface area contributed by atoms with Crippen molar-refractivity contribution < 1.29 is 9.53 Å². The Bertz CT molecular complexity index is 371. The van der Waals surface area contributed by atoms with Crippen LogP contribution in [-0.4, -0.2) is 42.5 Å². The summed E-state index contributed by atoms with van der Waals surface area (Å²) in [7, 11) is 1.65. The molecule has 6 heteroatoms. The van der Waals surface area contributed by atoms with Crippen molar-refractivity contribution >= 4 is 11.6 Å². The van der Waals surface area contributed by atoms with Crippen LogP contribution in [-0.2, 0) is 16.1 Å². The topological polar surface area (TPSA) is 68.2 Å². The summed E-state index contributed by atoms with van der Waals surface area (Å²) in [4.78, 5) is 11.8. The Balaban J connectivity index is 1.85. The van der Waals surface area contributed by atoms with E-state index in [1.165, 1.54) is 0 Å². The molecule has 1 aliphatic heterocycles. The SMILES string of the molecule is COCCn1cc(NC(=O)C2CCNC2)cn1. The minimum atomic E-state index is 0.0706. The molecule has 1 aromatic heterocycles. The molecule has 2 N–H and O–H groups in total. The van der Waals surface area contributed by atoms with Crippen LogP contribution in [0.3, 0.4) is 0 Å². The van der Waals surface area contributed by atoms with Crippen molar-refractivity contribution in [2.75, 3.05) is 32.1 Å². The number of hydrogen-bond acceptors (Lipinski definition) is 4. The highest BCUT2D eigenvalue weighted by molar-refractivity contribution is 5.92. The number of nitrogens with zero attached hydrogens (tertiary/aromatic N) is 2. The minimum Gasteiger partial charge on any atom is -0.383 e. The zero-order valence-electron chi connectivity index (χ0n) is 9.98. The van der Waals surface area contributed by atoms with Gasteiger partial charge in [0, 0.05) is 19.9 Å². The summed E-state index contributed by atoms with van der Waals surface area (Å²) in [5, 5.41) is 10.2. The normalized spacial score (nSPS) is 19.5. The predicted octanol–water partition coefficient (Wildman–Crippen LogP) is 0.0775. The fourth-order valence-electron chi connectivity index (χ4n) is 1.86. The van der Waals surface area contributed by atoms with Gasteiger partial charge in [-0.2, -0.15) is 5.10 Å². The number of amides is 1. The maximum absolute atomic E-state index is 11.8. The zero-order valence-corrected chi connectivity index (χ0v) is 9.98. The van der Waals surface area contributed by atoms with Gasteiger partial charge in [0.15, 0.2) is 0 Å². The monoisotopic (exact) mass is 238 g/mol. The lowest BCUT2D eigenvalue weighted by Gasteiger charge is -2.07. The van der Waals surface area contributed by atoms with E-state index in [1.54, 1.807) is 18.0 Å². The van der Waals surface area contributed by atoms with Crippen molar-refractivity contribution in [2.24, 2.45) is 5.92 Å². The molecule has 2 heterocycles. The third-order valence-electron chi connectivity index (χ3n) is 2.86. The number of nitrogens with one attached hydrogen (secondary N) is 2. The molecule has 2 rings (SSSR count). The van der Waals surface area contributed by atoms with Gasteiger partial charge >= 0.3 is 0 Å². The first-order valence-corrected chi connectivity index (χ1v) is 5.82. The highest BCUT2D eigenvalue weighted by atomic mass is 16.5. The van der Waals surface area contributed by atoms with Crippen LogP contribution in [0, 0.1) is 5.92 Å². The molecule has 1 atom stereocenters. The summed E-state index contributed by atoms with van der Waals surface area (Å²) >= 11 is 0. The molecule has 1 aromatic rings. The van der Waals surface area contributed by atoms with Gasteiger partial charge in [0.05, 0.1) is 31.0 Å². The minimum absolute atomic E-state index is 0.0706. The Hall–Kier alpha value is -1.40. The van der Waals surface area contributed by atoms with Crippen molar-refractivity contribution in [3.05, 3.63) is 12.4 Å². The lowest BCUT2D eigenvalue weighted by atomic mass is 10.1. The molecular formula is C11H18N4O2. The van der Waals surface area contributed by atoms with E-state index in [0.717, 1.165) is 25.2 Å². The summed E-state index contributed by atoms with van der Waals surface area (Å²) in [5.41, 5.74) is 0.748. The van der Waals surface area contributed by atoms with Gasteiger partial charge < -0.3 is 15.4 Å². The lowest BCUT2D eigenvalue weighted by Crippen LogP contribution is -2.24. The zero-order chi connectivity index (χ0) is 12.1. The highest BCUT2D eigenvalue weighted by Crippen LogP contribution is 2.12. The summed E-state index contributed by atoms with van der Waals surface area (Å²) in [6.45, 7) is 2.99. The quantitative estimate of drug-likeness (QED) is 0.762. The number of methoxy groups -OCH3 is 1. The standard InChI is InChI=1S/C11H18N4O2/c1-17-5-4-15-8-10(7-13-15)14-11(16)9-2-3-12-6-9/h7-9,12H,2-6H2,1H3,(H,14,16). The molecule has 1 fully saturated rings. The van der Waals surface area contributed by atoms with E-state index in [1.807, 2.05) is 6.20 Å². The molecule has 94 valence electrons. The van der Waals surface area contributed by atoms with Gasteiger partial charge in [-0.3, -0.25) is 9.48 Å². The molecule has 0 radical (unpaired) electrons. The van der Waals surface area contributed by atoms with Crippen molar-refractivity contribution in [1.29, 1.82) is 0 Å². The molecule has 1 unspecified atom stereocenters. The van der Waals surface area contributed by atoms with Crippen LogP contribution in [0.15, 0.2) is 12.4 Å². The first-order chi connectivity index (χ1) is 8.29. The molecule has 0 aromatic carbocycles. The van der Waals surface area contributed by atoms with Crippen LogP contribution in [0.4, 0.5) is 5.69 Å². The maximum atomic E-state index is 11.8. The maximum Gasteiger partial charge on any atom is 0.228 e. The van der Waals surface area contributed by atoms with Crippen molar-refractivity contribution in [3.63, 3.8) is 0 Å². The van der Waals surface area contributed by atoms with Crippen molar-refractivity contribution in [1.82, 2.24) is 15.1 Å². The highest BCUT2D eigenvalue weighted by Gasteiger charge is 2.22. The average molecular weight is 238 g/mol. The van der Waals surface area contributed by atoms with Crippen LogP contribution < -0.4 is 10.6 Å². The smallest absolute Gasteiger partial charge is 0.228 e. The predicted molar refractivity (Wildman–Crippen MR) is 63.7 cm³/mol. The van der Waals surface area contributed by atoms with E-state index in [4.69, 9.17) is 4.74 Å². The van der Waals surface area contributed by atoms with Gasteiger partial charge in [0.2, 0.25) is 5.91 Å². The number of carbonyl (C=O) groups excluding carboxylic acids is 1. The van der Waals surface area contributed by atoms with E-state index in [9.17, 15) is 4.79 Å². The van der Waals surface area contributed by atoms with Crippen LogP contribution in [0.5, 0.6) is 0 Å². The van der Waals surface area contributed by atoms with Gasteiger partial charge in [0.1, 0.15) is 0 Å². The van der Waals surface area contributed by atoms with Crippen molar-refractivity contribution in [2.45, 2.75) is 13.0 Å². The molecule has 17 heavy (non-hydrogen) atoms. The van der Waals surface area contributed by atoms with Crippen LogP contribution in [0.2, 0.25) is 0 Å². The first-order valence-electron chi connectivity index (χ1n) is 5.82. The van der Waals surface area contributed by atoms with Gasteiger partial charge in [-0.25, -0.2) is 0 Å². The van der Waals surface area contributed by atoms with Crippen LogP contribution in [0.25, 0.3) is 0 Å². The van der Waals surface area contributed by atoms with Crippen LogP contribution >= 0.6 is 0 Å². The second-order valence-electron chi connectivity index (χ2n) is 4.16. The third-order valence-corrected chi connectivity index (χ3v) is 2.86. The molecular weight excluding hydrogens is 220 g/mol. The molecule has 0 saturated carbocycles. The third kappa shape index (κ3) is 3.28. The molecule has 0 bridgehead atoms. The summed E-state index contributed by atoms with van der Waals surface area (Å²) in [6, 6.07) is 0. The number of anilines is 1. The molecule has 1 aliphatic rings. The first kappa shape index (κ1) is 12.1. The number of aromatic nitrogens is 2. The van der Waals surface area contributed by atoms with E-state index in [2.05, 4.69) is 15.7 Å². The van der Waals surface area contributed by atoms with Gasteiger partial charge in [0.25, 0.3) is 0 Å². The lowest BCUT2D eigenvalue weighted by molar-refractivity contribution is -0.119. The summed E-state index contributed by atoms with van der Waals surface area (Å²) in [6.07, 6.45) is 4.39. The Morgan fingerprint density at radius 1 is 1.76 bits per heavy atom. The number of hydrogen-bond donors (Lipinski definition) is 2. The largest absolute Gasteiger partial charge is 0.383 e. The van der Waals surface area contributed by atoms with Crippen LogP contribution in [0.1, 0.15) is 6.42 Å². The number of carbonyl (C=O) groups is 1. The van der Waals surface area contributed by atoms with Gasteiger partial charge in [-0.15, -0.1) is 0 Å². The van der Waals surface area contributed by atoms with E-state index in [0.29, 0.717) is 13.2 Å². The summed E-state index contributed by atoms with van der Waals surface area (Å²) < 4.78 is 6.72. The van der Waals surface area contributed by atoms with E-state index < -0.39 is 0 Å². The Morgan fingerprint density at radius 2 is 2.65 bits per heavy atom. The van der Waals surface area contributed by atoms with E-state index in [-0.39, 0.29) is 11.8 Å². The molecule has 0 aliphatic carbocycles. The van der Waals surface area contributed by atoms with E-state index >= 15 is 0 Å². The van der Waals surface area contributed by atoms with Crippen molar-refractivity contribution in [3.8, 4) is 0 Å². The second kappa shape index (κ2) is 5.79. The molecule has 0 spiro atoms. The Morgan fingerprint density at radius 3 is 3.35 bits per heavy atom. The Kier molecular flexibility index (Phi) is 4.11. The average Bonchev–Trinajstić information content (AvgIpc) is 2.97. The van der Waals surface area contributed by atoms with Gasteiger partial charge in [-0.1, -0.05) is 0 Å². The fourth-order valence-corrected chi connectivity index (χ4v) is 1.86.